The van der Waals surface area contributed by atoms with Crippen LogP contribution in [0.2, 0.25) is 0 Å². The van der Waals surface area contributed by atoms with Crippen LogP contribution in [0.4, 0.5) is 0 Å². The number of hydrogen-bond donors (Lipinski definition) is 1. The van der Waals surface area contributed by atoms with E-state index in [2.05, 4.69) is 0 Å². The van der Waals surface area contributed by atoms with Gasteiger partial charge in [-0.2, -0.15) is 17.0 Å². The van der Waals surface area contributed by atoms with E-state index in [1.54, 1.807) is 0 Å². The van der Waals surface area contributed by atoms with E-state index >= 15 is 0 Å². The Kier molecular flexibility index (Phi) is 4.68. The lowest BCUT2D eigenvalue weighted by Gasteiger charge is -2.37. The normalized spacial score (nSPS) is 28.8. The lowest BCUT2D eigenvalue weighted by atomic mass is 10.3. The number of ether oxygens (including phenoxy) is 1. The maximum atomic E-state index is 12.7. The third-order valence-electron chi connectivity index (χ3n) is 3.51. The topological polar surface area (TPSA) is 87.2 Å². The Hall–Kier alpha value is -0.700. The third kappa shape index (κ3) is 3.69. The molecule has 7 nitrogen and oxygen atoms in total. The molecule has 2 rings (SSSR count). The van der Waals surface area contributed by atoms with E-state index in [1.807, 2.05) is 13.8 Å². The van der Waals surface area contributed by atoms with Gasteiger partial charge in [-0.3, -0.25) is 4.79 Å². The lowest BCUT2D eigenvalue weighted by molar-refractivity contribution is -0.137. The molecule has 2 aliphatic rings. The molecule has 1 aliphatic heterocycles. The Bertz CT molecular complexity index is 452. The number of carboxylic acid groups (broad SMARTS) is 1. The van der Waals surface area contributed by atoms with Crippen LogP contribution in [-0.4, -0.2) is 66.0 Å². The Morgan fingerprint density at radius 1 is 1.30 bits per heavy atom. The summed E-state index contributed by atoms with van der Waals surface area (Å²) in [7, 11) is -3.60. The average molecular weight is 306 g/mol. The fourth-order valence-corrected chi connectivity index (χ4v) is 4.52. The van der Waals surface area contributed by atoms with Crippen molar-refractivity contribution in [2.75, 3.05) is 19.6 Å². The van der Waals surface area contributed by atoms with Crippen LogP contribution in [0, 0.1) is 0 Å². The maximum absolute atomic E-state index is 12.7. The summed E-state index contributed by atoms with van der Waals surface area (Å²) in [4.78, 5) is 10.7. The lowest BCUT2D eigenvalue weighted by Crippen LogP contribution is -2.53. The molecule has 0 amide bonds. The Morgan fingerprint density at radius 2 is 1.85 bits per heavy atom. The second-order valence-electron chi connectivity index (χ2n) is 5.57. The monoisotopic (exact) mass is 306 g/mol. The molecule has 1 saturated carbocycles. The van der Waals surface area contributed by atoms with Crippen molar-refractivity contribution < 1.29 is 23.1 Å². The number of rotatable bonds is 6. The number of carboxylic acids is 1. The molecular formula is C12H22N2O5S. The van der Waals surface area contributed by atoms with Crippen LogP contribution in [0.25, 0.3) is 0 Å². The van der Waals surface area contributed by atoms with E-state index in [4.69, 9.17) is 9.84 Å². The molecular weight excluding hydrogens is 284 g/mol. The average Bonchev–Trinajstić information content (AvgIpc) is 3.11. The van der Waals surface area contributed by atoms with Crippen LogP contribution in [0.3, 0.4) is 0 Å². The summed E-state index contributed by atoms with van der Waals surface area (Å²) < 4.78 is 33.7. The second-order valence-corrected chi connectivity index (χ2v) is 7.45. The second kappa shape index (κ2) is 5.97. The summed E-state index contributed by atoms with van der Waals surface area (Å²) in [5, 5.41) is 8.77. The Balaban J connectivity index is 2.11. The van der Waals surface area contributed by atoms with Crippen LogP contribution in [0.1, 0.15) is 33.1 Å². The first-order valence-corrected chi connectivity index (χ1v) is 8.34. The first-order valence-electron chi connectivity index (χ1n) is 6.95. The first-order chi connectivity index (χ1) is 9.30. The summed E-state index contributed by atoms with van der Waals surface area (Å²) in [5.41, 5.74) is 0. The van der Waals surface area contributed by atoms with Gasteiger partial charge in [-0.15, -0.1) is 0 Å². The fraction of sp³-hybridized carbons (Fsp3) is 0.917. The molecule has 0 bridgehead atoms. The van der Waals surface area contributed by atoms with Crippen molar-refractivity contribution in [3.8, 4) is 0 Å². The smallest absolute Gasteiger partial charge is 0.304 e. The zero-order valence-corrected chi connectivity index (χ0v) is 12.7. The highest BCUT2D eigenvalue weighted by Crippen LogP contribution is 2.31. The van der Waals surface area contributed by atoms with Gasteiger partial charge in [0.25, 0.3) is 10.2 Å². The first kappa shape index (κ1) is 15.7. The van der Waals surface area contributed by atoms with Crippen LogP contribution in [0.5, 0.6) is 0 Å². The van der Waals surface area contributed by atoms with Crippen molar-refractivity contribution in [1.29, 1.82) is 0 Å². The summed E-state index contributed by atoms with van der Waals surface area (Å²) >= 11 is 0. The molecule has 2 unspecified atom stereocenters. The molecule has 0 radical (unpaired) electrons. The molecule has 0 aromatic carbocycles. The van der Waals surface area contributed by atoms with E-state index in [0.717, 1.165) is 12.8 Å². The number of carbonyl (C=O) groups is 1. The van der Waals surface area contributed by atoms with Crippen molar-refractivity contribution in [2.24, 2.45) is 0 Å². The Labute approximate surface area is 119 Å². The highest BCUT2D eigenvalue weighted by Gasteiger charge is 2.42. The zero-order chi connectivity index (χ0) is 14.9. The minimum atomic E-state index is -3.60. The van der Waals surface area contributed by atoms with Crippen LogP contribution in [-0.2, 0) is 19.7 Å². The van der Waals surface area contributed by atoms with Crippen molar-refractivity contribution in [3.63, 3.8) is 0 Å². The minimum absolute atomic E-state index is 0.0344. The minimum Gasteiger partial charge on any atom is -0.481 e. The molecule has 1 N–H and O–H groups in total. The molecule has 1 saturated heterocycles. The van der Waals surface area contributed by atoms with E-state index in [-0.39, 0.29) is 31.2 Å². The van der Waals surface area contributed by atoms with E-state index < -0.39 is 16.2 Å². The predicted molar refractivity (Wildman–Crippen MR) is 72.5 cm³/mol. The van der Waals surface area contributed by atoms with Crippen molar-refractivity contribution >= 4 is 16.2 Å². The highest BCUT2D eigenvalue weighted by atomic mass is 32.2. The van der Waals surface area contributed by atoms with Gasteiger partial charge in [-0.05, 0) is 26.7 Å². The van der Waals surface area contributed by atoms with E-state index in [1.165, 1.54) is 8.61 Å². The summed E-state index contributed by atoms with van der Waals surface area (Å²) in [5.74, 6) is -0.977. The van der Waals surface area contributed by atoms with Gasteiger partial charge in [0, 0.05) is 25.7 Å². The van der Waals surface area contributed by atoms with Gasteiger partial charge in [0.2, 0.25) is 0 Å². The summed E-state index contributed by atoms with van der Waals surface area (Å²) in [6, 6.07) is -0.0344. The van der Waals surface area contributed by atoms with Crippen LogP contribution < -0.4 is 0 Å². The van der Waals surface area contributed by atoms with Gasteiger partial charge < -0.3 is 9.84 Å². The molecule has 0 aromatic rings. The molecule has 20 heavy (non-hydrogen) atoms. The quantitative estimate of drug-likeness (QED) is 0.761. The Morgan fingerprint density at radius 3 is 2.30 bits per heavy atom. The van der Waals surface area contributed by atoms with E-state index in [9.17, 15) is 13.2 Å². The largest absolute Gasteiger partial charge is 0.481 e. The number of hydrogen-bond acceptors (Lipinski definition) is 4. The highest BCUT2D eigenvalue weighted by molar-refractivity contribution is 7.86. The van der Waals surface area contributed by atoms with Gasteiger partial charge >= 0.3 is 5.97 Å². The fourth-order valence-electron chi connectivity index (χ4n) is 2.52. The maximum Gasteiger partial charge on any atom is 0.304 e. The molecule has 1 heterocycles. The van der Waals surface area contributed by atoms with Crippen LogP contribution >= 0.6 is 0 Å². The number of morpholine rings is 1. The predicted octanol–water partition coefficient (Wildman–Crippen LogP) is 0.280. The number of aliphatic carboxylic acids is 1. The van der Waals surface area contributed by atoms with Crippen molar-refractivity contribution in [2.45, 2.75) is 51.4 Å². The van der Waals surface area contributed by atoms with Gasteiger partial charge in [0.05, 0.1) is 18.6 Å². The standard InChI is InChI=1S/C12H22N2O5S/c1-9-7-13(8-10(2)19-9)20(17,18)14(11-3-4-11)6-5-12(15)16/h9-11H,3-8H2,1-2H3,(H,15,16). The zero-order valence-electron chi connectivity index (χ0n) is 11.9. The number of nitrogens with zero attached hydrogens (tertiary/aromatic N) is 2. The summed E-state index contributed by atoms with van der Waals surface area (Å²) in [6.07, 6.45) is 1.18. The van der Waals surface area contributed by atoms with Gasteiger partial charge in [0.15, 0.2) is 0 Å². The van der Waals surface area contributed by atoms with Crippen molar-refractivity contribution in [3.05, 3.63) is 0 Å². The van der Waals surface area contributed by atoms with Crippen LogP contribution in [0.15, 0.2) is 0 Å². The molecule has 2 fully saturated rings. The van der Waals surface area contributed by atoms with E-state index in [0.29, 0.717) is 13.1 Å². The van der Waals surface area contributed by atoms with Gasteiger partial charge in [0.1, 0.15) is 0 Å². The molecule has 0 aromatic heterocycles. The van der Waals surface area contributed by atoms with Crippen molar-refractivity contribution in [1.82, 2.24) is 8.61 Å². The molecule has 8 heteroatoms. The molecule has 1 aliphatic carbocycles. The summed E-state index contributed by atoms with van der Waals surface area (Å²) in [6.45, 7) is 4.38. The van der Waals surface area contributed by atoms with Gasteiger partial charge in [-0.1, -0.05) is 0 Å². The van der Waals surface area contributed by atoms with Gasteiger partial charge in [-0.25, -0.2) is 0 Å². The molecule has 0 spiro atoms. The third-order valence-corrected chi connectivity index (χ3v) is 5.53. The molecule has 2 atom stereocenters. The SMILES string of the molecule is CC1CN(S(=O)(=O)N(CCC(=O)O)C2CC2)CC(C)O1. The molecule has 116 valence electrons.